The minimum absolute atomic E-state index is 0.481. The number of rotatable bonds is 12. The van der Waals surface area contributed by atoms with E-state index in [9.17, 15) is 0 Å². The molecule has 7 nitrogen and oxygen atoms in total. The number of fused-ring (bicyclic) bond motifs is 8. The van der Waals surface area contributed by atoms with Gasteiger partial charge in [0.25, 0.3) is 0 Å². The molecule has 8 heteroatoms. The number of hydrogen-bond donors (Lipinski definition) is 2. The molecule has 2 heterocycles. The second-order valence-electron chi connectivity index (χ2n) is 18.2. The number of halogens is 1. The van der Waals surface area contributed by atoms with Gasteiger partial charge in [0.1, 0.15) is 0 Å². The number of aromatic nitrogens is 2. The van der Waals surface area contributed by atoms with Crippen molar-refractivity contribution in [2.45, 2.75) is 41.5 Å². The monoisotopic (exact) mass is 952 g/mol. The fourth-order valence-electron chi connectivity index (χ4n) is 9.18. The second-order valence-corrected chi connectivity index (χ2v) is 20.4. The molecular formula is C56H55IN7-. The maximum absolute atomic E-state index is 5.82. The standard InChI is InChI=1S/C56H55IN7/c1-36(2)33-62(41-17-9-7-10-18-41)43-29-25-39(26-30-43)49-53-54(59-52-48-24-16-14-22-46(48)45-21-13-15-23-47(45)51(52)58-53)50(56-55(49)60-57-64(61-56)35-38(5)6)40-27-31-44(32-28-40)63(34-37(3)4)42-19-11-8-12-20-42/h7-32,36-38,60-61H,33-35H2,1-6H3/q-1. The van der Waals surface area contributed by atoms with Crippen molar-refractivity contribution in [3.05, 3.63) is 158 Å². The number of para-hydroxylation sites is 2. The van der Waals surface area contributed by atoms with Gasteiger partial charge in [-0.3, -0.25) is 0 Å². The van der Waals surface area contributed by atoms with E-state index in [1.54, 1.807) is 0 Å². The summed E-state index contributed by atoms with van der Waals surface area (Å²) >= 11 is -0.608. The average Bonchev–Trinajstić information content (AvgIpc) is 3.32. The van der Waals surface area contributed by atoms with Crippen molar-refractivity contribution >= 4 is 77.7 Å². The Hall–Kier alpha value is -6.23. The molecule has 64 heavy (non-hydrogen) atoms. The molecule has 1 aliphatic rings. The van der Waals surface area contributed by atoms with Crippen LogP contribution in [0.5, 0.6) is 0 Å². The van der Waals surface area contributed by atoms with Crippen LogP contribution in [0.15, 0.2) is 158 Å². The molecule has 0 unspecified atom stereocenters. The second kappa shape index (κ2) is 17.7. The van der Waals surface area contributed by atoms with Gasteiger partial charge in [0.2, 0.25) is 0 Å². The van der Waals surface area contributed by atoms with E-state index in [0.717, 1.165) is 97.5 Å². The number of hydrogen-bond acceptors (Lipinski definition) is 7. The summed E-state index contributed by atoms with van der Waals surface area (Å²) in [5.41, 5.74) is 18.7. The number of nitrogens with zero attached hydrogens (tertiary/aromatic N) is 5. The van der Waals surface area contributed by atoms with Gasteiger partial charge >= 0.3 is 384 Å². The van der Waals surface area contributed by atoms with Gasteiger partial charge < -0.3 is 0 Å². The predicted octanol–water partition coefficient (Wildman–Crippen LogP) is 11.6. The van der Waals surface area contributed by atoms with Crippen LogP contribution in [0.3, 0.4) is 0 Å². The molecule has 10 rings (SSSR count). The van der Waals surface area contributed by atoms with Crippen LogP contribution in [0.4, 0.5) is 34.1 Å². The zero-order chi connectivity index (χ0) is 43.9. The Kier molecular flexibility index (Phi) is 11.6. The average molecular weight is 953 g/mol. The van der Waals surface area contributed by atoms with E-state index in [4.69, 9.17) is 9.97 Å². The van der Waals surface area contributed by atoms with E-state index in [0.29, 0.717) is 17.8 Å². The Morgan fingerprint density at radius 2 is 0.828 bits per heavy atom. The number of anilines is 6. The molecule has 0 aliphatic carbocycles. The molecule has 0 saturated heterocycles. The van der Waals surface area contributed by atoms with E-state index in [1.807, 2.05) is 0 Å². The van der Waals surface area contributed by atoms with Gasteiger partial charge in [-0.25, -0.2) is 0 Å². The first-order valence-corrected chi connectivity index (χ1v) is 24.7. The van der Waals surface area contributed by atoms with E-state index < -0.39 is 21.8 Å². The Morgan fingerprint density at radius 3 is 1.25 bits per heavy atom. The minimum atomic E-state index is -0.608. The summed E-state index contributed by atoms with van der Waals surface area (Å²) in [6, 6.07) is 57.0. The van der Waals surface area contributed by atoms with Crippen LogP contribution in [-0.2, 0) is 0 Å². The van der Waals surface area contributed by atoms with Gasteiger partial charge in [0, 0.05) is 0 Å². The van der Waals surface area contributed by atoms with Crippen LogP contribution < -0.4 is 40.5 Å². The van der Waals surface area contributed by atoms with Crippen LogP contribution in [0.2, 0.25) is 0 Å². The molecule has 9 aromatic rings. The van der Waals surface area contributed by atoms with Gasteiger partial charge in [0.05, 0.1) is 0 Å². The Morgan fingerprint density at radius 1 is 0.438 bits per heavy atom. The van der Waals surface area contributed by atoms with Crippen LogP contribution in [0, 0.1) is 17.8 Å². The summed E-state index contributed by atoms with van der Waals surface area (Å²) in [5.74, 6) is 1.45. The third kappa shape index (κ3) is 7.98. The van der Waals surface area contributed by atoms with E-state index in [2.05, 4.69) is 221 Å². The summed E-state index contributed by atoms with van der Waals surface area (Å²) < 4.78 is 6.46. The summed E-state index contributed by atoms with van der Waals surface area (Å²) in [6.45, 7) is 16.4. The normalized spacial score (nSPS) is 13.1. The third-order valence-electron chi connectivity index (χ3n) is 11.9. The molecule has 0 spiro atoms. The van der Waals surface area contributed by atoms with Crippen molar-refractivity contribution in [1.29, 1.82) is 0 Å². The Bertz CT molecular complexity index is 3100. The molecule has 322 valence electrons. The first-order valence-electron chi connectivity index (χ1n) is 22.6. The van der Waals surface area contributed by atoms with Crippen molar-refractivity contribution in [1.82, 2.24) is 13.2 Å². The summed E-state index contributed by atoms with van der Waals surface area (Å²) in [5, 5.41) is 4.58. The van der Waals surface area contributed by atoms with Crippen LogP contribution in [-0.4, -0.2) is 32.8 Å². The van der Waals surface area contributed by atoms with Gasteiger partial charge in [0.15, 0.2) is 0 Å². The topological polar surface area (TPSA) is 59.6 Å². The Labute approximate surface area is 388 Å². The van der Waals surface area contributed by atoms with E-state index >= 15 is 0 Å². The van der Waals surface area contributed by atoms with Crippen LogP contribution >= 0.6 is 0 Å². The third-order valence-corrected chi connectivity index (χ3v) is 13.9. The van der Waals surface area contributed by atoms with Gasteiger partial charge in [-0.15, -0.1) is 0 Å². The number of hydrazine groups is 1. The first-order chi connectivity index (χ1) is 31.2. The van der Waals surface area contributed by atoms with Crippen molar-refractivity contribution in [3.63, 3.8) is 0 Å². The van der Waals surface area contributed by atoms with Gasteiger partial charge in [-0.1, -0.05) is 6.07 Å². The van der Waals surface area contributed by atoms with Crippen molar-refractivity contribution in [3.8, 4) is 22.3 Å². The quantitative estimate of drug-likeness (QED) is 0.0548. The number of benzene rings is 8. The molecule has 1 aliphatic heterocycles. The van der Waals surface area contributed by atoms with Gasteiger partial charge in [-0.2, -0.15) is 0 Å². The van der Waals surface area contributed by atoms with Gasteiger partial charge in [-0.05, 0) is 0 Å². The number of nitrogens with one attached hydrogen (secondary N) is 2. The van der Waals surface area contributed by atoms with E-state index in [-0.39, 0.29) is 0 Å². The molecule has 0 fully saturated rings. The van der Waals surface area contributed by atoms with Crippen molar-refractivity contribution < 1.29 is 21.8 Å². The molecule has 2 N–H and O–H groups in total. The molecular weight excluding hydrogens is 898 g/mol. The fraction of sp³-hybridized carbons (Fsp3) is 0.214. The van der Waals surface area contributed by atoms with Crippen LogP contribution in [0.25, 0.3) is 65.9 Å². The molecule has 0 amide bonds. The maximum atomic E-state index is 5.82. The summed E-state index contributed by atoms with van der Waals surface area (Å²) in [4.78, 5) is 16.5. The molecule has 0 radical (unpaired) electrons. The molecule has 1 aromatic heterocycles. The van der Waals surface area contributed by atoms with Crippen molar-refractivity contribution in [2.24, 2.45) is 17.8 Å². The fourth-order valence-corrected chi connectivity index (χ4v) is 11.6. The van der Waals surface area contributed by atoms with Crippen molar-refractivity contribution in [2.75, 3.05) is 38.4 Å². The zero-order valence-electron chi connectivity index (χ0n) is 37.5. The SMILES string of the molecule is CC(C)CN1Nc2c(c(-c3ccc(N(CC(C)C)c4ccccc4)cc3)c3nc4c5ccccc5c5ccccc5c4nc3c2-c2ccc(N(CC(C)C)c3ccccc3)cc2)N[I-]1. The predicted molar refractivity (Wildman–Crippen MR) is 268 cm³/mol. The molecule has 0 atom stereocenters. The zero-order valence-corrected chi connectivity index (χ0v) is 39.6. The Balaban J connectivity index is 1.25. The molecule has 0 bridgehead atoms. The first kappa shape index (κ1) is 41.8. The summed E-state index contributed by atoms with van der Waals surface area (Å²) in [7, 11) is 0. The summed E-state index contributed by atoms with van der Waals surface area (Å²) in [6.07, 6.45) is 0. The molecule has 0 saturated carbocycles. The molecule has 8 aromatic carbocycles. The van der Waals surface area contributed by atoms with E-state index in [1.165, 1.54) is 22.1 Å². The van der Waals surface area contributed by atoms with Crippen LogP contribution in [0.1, 0.15) is 41.5 Å².